The van der Waals surface area contributed by atoms with Gasteiger partial charge in [-0.05, 0) is 47.3 Å². The quantitative estimate of drug-likeness (QED) is 0.898. The minimum absolute atomic E-state index is 0.255. The second kappa shape index (κ2) is 4.59. The van der Waals surface area contributed by atoms with E-state index in [9.17, 15) is 5.11 Å². The molecule has 0 fully saturated rings. The number of aliphatic hydroxyl groups is 1. The van der Waals surface area contributed by atoms with Crippen LogP contribution in [0.25, 0.3) is 0 Å². The minimum atomic E-state index is -0.255. The number of aliphatic hydroxyl groups excluding tert-OH is 1. The predicted octanol–water partition coefficient (Wildman–Crippen LogP) is 3.73. The monoisotopic (exact) mass is 311 g/mol. The van der Waals surface area contributed by atoms with Crippen LogP contribution in [0.4, 0.5) is 0 Å². The molecule has 0 amide bonds. The third kappa shape index (κ3) is 2.21. The van der Waals surface area contributed by atoms with Crippen LogP contribution in [0.3, 0.4) is 0 Å². The van der Waals surface area contributed by atoms with E-state index in [0.29, 0.717) is 0 Å². The van der Waals surface area contributed by atoms with Gasteiger partial charge in [0.15, 0.2) is 0 Å². The third-order valence-electron chi connectivity index (χ3n) is 3.31. The molecule has 3 rings (SSSR count). The topological polar surface area (TPSA) is 25.2 Å². The average Bonchev–Trinajstić information content (AvgIpc) is 2.88. The number of halogens is 1. The van der Waals surface area contributed by atoms with Crippen LogP contribution in [-0.4, -0.2) is 9.67 Å². The first-order valence-corrected chi connectivity index (χ1v) is 7.50. The second-order valence-corrected chi connectivity index (χ2v) is 6.40. The number of fused-ring (bicyclic) bond motifs is 1. The van der Waals surface area contributed by atoms with E-state index in [-0.39, 0.29) is 6.10 Å². The van der Waals surface area contributed by atoms with Gasteiger partial charge in [-0.25, -0.2) is 0 Å². The highest BCUT2D eigenvalue weighted by Gasteiger charge is 2.21. The molecular formula is C13H14BrNOS. The molecule has 90 valence electrons. The highest BCUT2D eigenvalue weighted by molar-refractivity contribution is 9.10. The van der Waals surface area contributed by atoms with Gasteiger partial charge in [0.25, 0.3) is 0 Å². The third-order valence-corrected chi connectivity index (χ3v) is 4.99. The Hall–Kier alpha value is -0.580. The molecule has 0 saturated heterocycles. The normalized spacial score (nSPS) is 19.3. The zero-order valence-electron chi connectivity index (χ0n) is 9.40. The molecule has 1 N–H and O–H groups in total. The van der Waals surface area contributed by atoms with Gasteiger partial charge in [-0.2, -0.15) is 0 Å². The predicted molar refractivity (Wildman–Crippen MR) is 73.5 cm³/mol. The maximum atomic E-state index is 9.93. The molecule has 17 heavy (non-hydrogen) atoms. The first-order chi connectivity index (χ1) is 8.24. The van der Waals surface area contributed by atoms with Gasteiger partial charge < -0.3 is 9.67 Å². The van der Waals surface area contributed by atoms with Gasteiger partial charge in [-0.15, -0.1) is 11.3 Å². The van der Waals surface area contributed by atoms with Crippen molar-refractivity contribution >= 4 is 27.3 Å². The molecule has 2 heterocycles. The molecule has 0 saturated carbocycles. The number of rotatable bonds is 2. The molecule has 0 bridgehead atoms. The van der Waals surface area contributed by atoms with Gasteiger partial charge in [0.05, 0.1) is 12.6 Å². The average molecular weight is 312 g/mol. The summed E-state index contributed by atoms with van der Waals surface area (Å²) >= 11 is 5.25. The van der Waals surface area contributed by atoms with Crippen LogP contribution >= 0.6 is 27.3 Å². The molecule has 2 aromatic heterocycles. The molecule has 0 radical (unpaired) electrons. The van der Waals surface area contributed by atoms with E-state index in [1.165, 1.54) is 10.6 Å². The van der Waals surface area contributed by atoms with Gasteiger partial charge in [0.1, 0.15) is 0 Å². The summed E-state index contributed by atoms with van der Waals surface area (Å²) in [4.78, 5) is 1.34. The maximum absolute atomic E-state index is 9.93. The minimum Gasteiger partial charge on any atom is -0.388 e. The van der Waals surface area contributed by atoms with Crippen molar-refractivity contribution in [3.8, 4) is 0 Å². The summed E-state index contributed by atoms with van der Waals surface area (Å²) in [5, 5.41) is 12.0. The van der Waals surface area contributed by atoms with Crippen LogP contribution in [0.5, 0.6) is 0 Å². The Morgan fingerprint density at radius 3 is 3.18 bits per heavy atom. The van der Waals surface area contributed by atoms with E-state index < -0.39 is 0 Å². The number of thiophene rings is 1. The lowest BCUT2D eigenvalue weighted by molar-refractivity contribution is 0.156. The fourth-order valence-corrected chi connectivity index (χ4v) is 3.93. The molecule has 1 atom stereocenters. The van der Waals surface area contributed by atoms with Crippen LogP contribution in [-0.2, 0) is 13.0 Å². The zero-order valence-corrected chi connectivity index (χ0v) is 11.8. The van der Waals surface area contributed by atoms with E-state index in [2.05, 4.69) is 44.2 Å². The fraction of sp³-hybridized carbons (Fsp3) is 0.385. The van der Waals surface area contributed by atoms with E-state index >= 15 is 0 Å². The van der Waals surface area contributed by atoms with Crippen molar-refractivity contribution in [2.24, 2.45) is 0 Å². The molecule has 2 nitrogen and oxygen atoms in total. The van der Waals surface area contributed by atoms with E-state index in [4.69, 9.17) is 0 Å². The van der Waals surface area contributed by atoms with E-state index in [1.807, 2.05) is 0 Å². The number of nitrogens with zero attached hydrogens (tertiary/aromatic N) is 1. The smallest absolute Gasteiger partial charge is 0.0807 e. The molecule has 0 aromatic carbocycles. The van der Waals surface area contributed by atoms with Crippen molar-refractivity contribution in [2.45, 2.75) is 31.9 Å². The highest BCUT2D eigenvalue weighted by Crippen LogP contribution is 2.31. The zero-order chi connectivity index (χ0) is 11.8. The summed E-state index contributed by atoms with van der Waals surface area (Å²) in [6, 6.07) is 4.23. The lowest BCUT2D eigenvalue weighted by Gasteiger charge is -2.19. The fourth-order valence-electron chi connectivity index (χ4n) is 2.48. The molecule has 4 heteroatoms. The Balaban J connectivity index is 1.89. The molecule has 1 unspecified atom stereocenters. The van der Waals surface area contributed by atoms with E-state index in [0.717, 1.165) is 35.8 Å². The van der Waals surface area contributed by atoms with Crippen LogP contribution in [0.2, 0.25) is 0 Å². The second-order valence-electron chi connectivity index (χ2n) is 4.48. The Morgan fingerprint density at radius 1 is 1.53 bits per heavy atom. The Kier molecular flexibility index (Phi) is 3.11. The van der Waals surface area contributed by atoms with Crippen molar-refractivity contribution < 1.29 is 5.11 Å². The molecular weight excluding hydrogens is 298 g/mol. The van der Waals surface area contributed by atoms with Gasteiger partial charge >= 0.3 is 0 Å². The molecule has 0 aliphatic heterocycles. The Labute approximate surface area is 113 Å². The number of hydrogen-bond donors (Lipinski definition) is 1. The largest absolute Gasteiger partial charge is 0.388 e. The summed E-state index contributed by atoms with van der Waals surface area (Å²) in [5.41, 5.74) is 2.44. The number of hydrogen-bond acceptors (Lipinski definition) is 2. The molecule has 1 aliphatic rings. The summed E-state index contributed by atoms with van der Waals surface area (Å²) in [5.74, 6) is 0. The van der Waals surface area contributed by atoms with Crippen LogP contribution in [0, 0.1) is 0 Å². The van der Waals surface area contributed by atoms with Crippen LogP contribution < -0.4 is 0 Å². The molecule has 0 spiro atoms. The van der Waals surface area contributed by atoms with E-state index in [1.54, 1.807) is 11.3 Å². The van der Waals surface area contributed by atoms with Crippen molar-refractivity contribution in [3.05, 3.63) is 44.3 Å². The lowest BCUT2D eigenvalue weighted by atomic mass is 9.95. The van der Waals surface area contributed by atoms with Gasteiger partial charge in [0, 0.05) is 32.2 Å². The lowest BCUT2D eigenvalue weighted by Crippen LogP contribution is -2.12. The molecule has 1 aliphatic carbocycles. The Morgan fingerprint density at radius 2 is 2.41 bits per heavy atom. The summed E-state index contributed by atoms with van der Waals surface area (Å²) in [6.07, 6.45) is 4.93. The van der Waals surface area contributed by atoms with Gasteiger partial charge in [-0.1, -0.05) is 0 Å². The summed E-state index contributed by atoms with van der Waals surface area (Å²) in [7, 11) is 0. The SMILES string of the molecule is OC1CCCc2c1ccn2Cc1cc(Br)cs1. The van der Waals surface area contributed by atoms with Crippen molar-refractivity contribution in [1.82, 2.24) is 4.57 Å². The van der Waals surface area contributed by atoms with Crippen LogP contribution in [0.15, 0.2) is 28.2 Å². The van der Waals surface area contributed by atoms with Gasteiger partial charge in [-0.3, -0.25) is 0 Å². The molecule has 2 aromatic rings. The number of aromatic nitrogens is 1. The first kappa shape index (κ1) is 11.5. The maximum Gasteiger partial charge on any atom is 0.0807 e. The highest BCUT2D eigenvalue weighted by atomic mass is 79.9. The standard InChI is InChI=1S/C13H14BrNOS/c14-9-6-10(17-8-9)7-15-5-4-11-12(15)2-1-3-13(11)16/h4-6,8,13,16H,1-3,7H2. The first-order valence-electron chi connectivity index (χ1n) is 5.83. The van der Waals surface area contributed by atoms with Crippen molar-refractivity contribution in [3.63, 3.8) is 0 Å². The van der Waals surface area contributed by atoms with Gasteiger partial charge in [0.2, 0.25) is 0 Å². The van der Waals surface area contributed by atoms with Crippen LogP contribution in [0.1, 0.15) is 35.1 Å². The van der Waals surface area contributed by atoms with Crippen molar-refractivity contribution in [2.75, 3.05) is 0 Å². The summed E-state index contributed by atoms with van der Waals surface area (Å²) < 4.78 is 3.43. The summed E-state index contributed by atoms with van der Waals surface area (Å²) in [6.45, 7) is 0.915. The van der Waals surface area contributed by atoms with Crippen molar-refractivity contribution in [1.29, 1.82) is 0 Å². The Bertz CT molecular complexity index is 531.